The van der Waals surface area contributed by atoms with E-state index in [4.69, 9.17) is 4.43 Å². The van der Waals surface area contributed by atoms with Gasteiger partial charge in [0.25, 0.3) is 8.32 Å². The zero-order chi connectivity index (χ0) is 18.1. The first-order valence-corrected chi connectivity index (χ1v) is 10.8. The minimum absolute atomic E-state index is 0.108. The average Bonchev–Trinajstić information content (AvgIpc) is 3.27. The van der Waals surface area contributed by atoms with E-state index < -0.39 is 20.6 Å². The summed E-state index contributed by atoms with van der Waals surface area (Å²) >= 11 is 0. The van der Waals surface area contributed by atoms with Crippen molar-refractivity contribution in [2.24, 2.45) is 5.92 Å². The van der Waals surface area contributed by atoms with E-state index in [0.717, 1.165) is 0 Å². The maximum Gasteiger partial charge on any atom is 0.261 e. The van der Waals surface area contributed by atoms with Gasteiger partial charge in [0.2, 0.25) is 0 Å². The summed E-state index contributed by atoms with van der Waals surface area (Å²) in [7, 11) is -2.60. The molecule has 25 heavy (non-hydrogen) atoms. The highest BCUT2D eigenvalue weighted by Crippen LogP contribution is 2.48. The van der Waals surface area contributed by atoms with Crippen LogP contribution in [0.2, 0.25) is 5.04 Å². The van der Waals surface area contributed by atoms with E-state index >= 15 is 0 Å². The molecule has 0 unspecified atom stereocenters. The topological polar surface area (TPSA) is 29.5 Å². The minimum Gasteiger partial charge on any atom is -0.407 e. The van der Waals surface area contributed by atoms with Gasteiger partial charge in [-0.25, -0.2) is 4.39 Å². The summed E-state index contributed by atoms with van der Waals surface area (Å²) in [5.41, 5.74) is -1.45. The van der Waals surface area contributed by atoms with E-state index in [2.05, 4.69) is 45.0 Å². The molecule has 2 aromatic rings. The first-order valence-electron chi connectivity index (χ1n) is 8.88. The molecule has 2 nitrogen and oxygen atoms in total. The molecule has 134 valence electrons. The fourth-order valence-corrected chi connectivity index (χ4v) is 8.35. The maximum absolute atomic E-state index is 14.3. The van der Waals surface area contributed by atoms with Crippen LogP contribution in [0.3, 0.4) is 0 Å². The average molecular weight is 359 g/mol. The van der Waals surface area contributed by atoms with E-state index in [1.165, 1.54) is 10.4 Å². The molecule has 1 fully saturated rings. The van der Waals surface area contributed by atoms with Crippen LogP contribution in [0.4, 0.5) is 4.39 Å². The Morgan fingerprint density at radius 2 is 1.52 bits per heavy atom. The van der Waals surface area contributed by atoms with Crippen molar-refractivity contribution in [2.45, 2.75) is 37.9 Å². The molecule has 0 bridgehead atoms. The highest BCUT2D eigenvalue weighted by atomic mass is 28.4. The molecule has 1 aliphatic carbocycles. The Balaban J connectivity index is 2.03. The number of aliphatic hydroxyl groups is 1. The number of halogens is 1. The molecule has 0 aliphatic heterocycles. The van der Waals surface area contributed by atoms with Crippen LogP contribution in [-0.2, 0) is 4.43 Å². The molecule has 4 heteroatoms. The van der Waals surface area contributed by atoms with Gasteiger partial charge in [0.05, 0.1) is 6.61 Å². The lowest BCUT2D eigenvalue weighted by molar-refractivity contribution is 0.130. The zero-order valence-electron chi connectivity index (χ0n) is 15.2. The van der Waals surface area contributed by atoms with Gasteiger partial charge in [-0.05, 0) is 21.8 Å². The molecule has 0 heterocycles. The molecule has 2 aromatic carbocycles. The van der Waals surface area contributed by atoms with Crippen molar-refractivity contribution in [3.05, 3.63) is 60.7 Å². The Hall–Kier alpha value is -1.49. The lowest BCUT2D eigenvalue weighted by Crippen LogP contribution is -2.66. The second kappa shape index (κ2) is 6.67. The maximum atomic E-state index is 14.3. The molecule has 2 atom stereocenters. The van der Waals surface area contributed by atoms with Crippen LogP contribution < -0.4 is 10.4 Å². The van der Waals surface area contributed by atoms with Crippen LogP contribution in [0, 0.1) is 5.92 Å². The molecule has 0 spiro atoms. The number of benzene rings is 2. The van der Waals surface area contributed by atoms with E-state index in [1.54, 1.807) is 0 Å². The van der Waals surface area contributed by atoms with Crippen molar-refractivity contribution in [1.82, 2.24) is 0 Å². The summed E-state index contributed by atoms with van der Waals surface area (Å²) in [5.74, 6) is -0.209. The van der Waals surface area contributed by atoms with E-state index in [9.17, 15) is 9.50 Å². The van der Waals surface area contributed by atoms with E-state index in [0.29, 0.717) is 13.0 Å². The number of rotatable bonds is 6. The highest BCUT2D eigenvalue weighted by Gasteiger charge is 2.57. The molecule has 1 saturated carbocycles. The lowest BCUT2D eigenvalue weighted by atomic mass is 10.2. The van der Waals surface area contributed by atoms with Crippen molar-refractivity contribution in [1.29, 1.82) is 0 Å². The molecule has 1 N–H and O–H groups in total. The standard InChI is InChI=1S/C21H27FO2Si/c1-20(2,3)25(18-10-6-4-7-11-18,19-12-8-5-9-13-19)24-15-17-14-21(17,22)16-23/h4-13,17,23H,14-16H2,1-3H3/t17-,21-/m0/s1. The van der Waals surface area contributed by atoms with Crippen LogP contribution in [0.1, 0.15) is 27.2 Å². The first-order chi connectivity index (χ1) is 11.8. The minimum atomic E-state index is -2.60. The van der Waals surface area contributed by atoms with Gasteiger partial charge in [-0.15, -0.1) is 0 Å². The Morgan fingerprint density at radius 3 is 1.88 bits per heavy atom. The van der Waals surface area contributed by atoms with Crippen molar-refractivity contribution in [3.8, 4) is 0 Å². The van der Waals surface area contributed by atoms with Gasteiger partial charge in [-0.2, -0.15) is 0 Å². The van der Waals surface area contributed by atoms with E-state index in [1.807, 2.05) is 36.4 Å². The van der Waals surface area contributed by atoms with Gasteiger partial charge < -0.3 is 9.53 Å². The van der Waals surface area contributed by atoms with Gasteiger partial charge in [0.1, 0.15) is 5.67 Å². The molecular formula is C21H27FO2Si. The van der Waals surface area contributed by atoms with Gasteiger partial charge in [0, 0.05) is 12.5 Å². The summed E-state index contributed by atoms with van der Waals surface area (Å²) in [6.45, 7) is 6.56. The van der Waals surface area contributed by atoms with Crippen LogP contribution in [-0.4, -0.2) is 32.3 Å². The van der Waals surface area contributed by atoms with Crippen LogP contribution in [0.15, 0.2) is 60.7 Å². The molecule has 0 amide bonds. The Kier molecular flexibility index (Phi) is 4.88. The Bertz CT molecular complexity index is 659. The molecule has 0 radical (unpaired) electrons. The van der Waals surface area contributed by atoms with Gasteiger partial charge in [0.15, 0.2) is 0 Å². The SMILES string of the molecule is CC(C)(C)[Si](OC[C@@H]1C[C@]1(F)CO)(c1ccccc1)c1ccccc1. The largest absolute Gasteiger partial charge is 0.407 e. The summed E-state index contributed by atoms with van der Waals surface area (Å²) in [6, 6.07) is 20.7. The second-order valence-corrected chi connectivity index (χ2v) is 12.4. The quantitative estimate of drug-likeness (QED) is 0.803. The van der Waals surface area contributed by atoms with Gasteiger partial charge in [-0.3, -0.25) is 0 Å². The zero-order valence-corrected chi connectivity index (χ0v) is 16.2. The number of aliphatic hydroxyl groups excluding tert-OH is 1. The van der Waals surface area contributed by atoms with Crippen LogP contribution in [0.5, 0.6) is 0 Å². The number of alkyl halides is 1. The highest BCUT2D eigenvalue weighted by molar-refractivity contribution is 6.99. The number of hydrogen-bond acceptors (Lipinski definition) is 2. The van der Waals surface area contributed by atoms with Crippen molar-refractivity contribution < 1.29 is 13.9 Å². The lowest BCUT2D eigenvalue weighted by Gasteiger charge is -2.43. The smallest absolute Gasteiger partial charge is 0.261 e. The third-order valence-electron chi connectivity index (χ3n) is 5.34. The number of hydrogen-bond donors (Lipinski definition) is 1. The summed E-state index contributed by atoms with van der Waals surface area (Å²) < 4.78 is 20.9. The first kappa shape index (κ1) is 18.3. The summed E-state index contributed by atoms with van der Waals surface area (Å²) in [6.07, 6.45) is 0.391. The molecule has 0 saturated heterocycles. The third-order valence-corrected chi connectivity index (χ3v) is 10.3. The third kappa shape index (κ3) is 3.31. The van der Waals surface area contributed by atoms with Gasteiger partial charge in [-0.1, -0.05) is 81.4 Å². The second-order valence-electron chi connectivity index (χ2n) is 8.07. The van der Waals surface area contributed by atoms with Crippen molar-refractivity contribution in [2.75, 3.05) is 13.2 Å². The molecule has 0 aromatic heterocycles. The molecule has 3 rings (SSSR count). The van der Waals surface area contributed by atoms with Crippen molar-refractivity contribution >= 4 is 18.7 Å². The Labute approximate surface area is 150 Å². The van der Waals surface area contributed by atoms with Gasteiger partial charge >= 0.3 is 0 Å². The van der Waals surface area contributed by atoms with Crippen molar-refractivity contribution in [3.63, 3.8) is 0 Å². The fraction of sp³-hybridized carbons (Fsp3) is 0.429. The van der Waals surface area contributed by atoms with E-state index in [-0.39, 0.29) is 11.0 Å². The monoisotopic (exact) mass is 358 g/mol. The van der Waals surface area contributed by atoms with Crippen LogP contribution in [0.25, 0.3) is 0 Å². The summed E-state index contributed by atoms with van der Waals surface area (Å²) in [4.78, 5) is 0. The predicted molar refractivity (Wildman–Crippen MR) is 103 cm³/mol. The normalized spacial score (nSPS) is 23.5. The molecule has 1 aliphatic rings. The fourth-order valence-electron chi connectivity index (χ4n) is 3.74. The van der Waals surface area contributed by atoms with Crippen LogP contribution >= 0.6 is 0 Å². The Morgan fingerprint density at radius 1 is 1.04 bits per heavy atom. The predicted octanol–water partition coefficient (Wildman–Crippen LogP) is 3.28. The molecular weight excluding hydrogens is 331 g/mol. The summed E-state index contributed by atoms with van der Waals surface area (Å²) in [5, 5.41) is 11.5.